The third kappa shape index (κ3) is 3.61. The van der Waals surface area contributed by atoms with E-state index < -0.39 is 0 Å². The van der Waals surface area contributed by atoms with Crippen LogP contribution in [0, 0.1) is 0 Å². The van der Waals surface area contributed by atoms with Crippen molar-refractivity contribution >= 4 is 18.3 Å². The molecule has 1 atom stereocenters. The van der Waals surface area contributed by atoms with Crippen LogP contribution in [0.25, 0.3) is 0 Å². The minimum Gasteiger partial charge on any atom is -0.338 e. The lowest BCUT2D eigenvalue weighted by molar-refractivity contribution is -0.134. The number of carbonyl (C=O) groups excluding carboxylic acids is 1. The van der Waals surface area contributed by atoms with E-state index in [1.54, 1.807) is 0 Å². The number of amides is 1. The molecule has 2 aliphatic carbocycles. The molecule has 3 aliphatic rings. The highest BCUT2D eigenvalue weighted by Crippen LogP contribution is 2.35. The van der Waals surface area contributed by atoms with Gasteiger partial charge in [0.25, 0.3) is 0 Å². The van der Waals surface area contributed by atoms with E-state index in [0.717, 1.165) is 25.9 Å². The quantitative estimate of drug-likeness (QED) is 0.804. The fourth-order valence-electron chi connectivity index (χ4n) is 3.20. The van der Waals surface area contributed by atoms with Gasteiger partial charge in [-0.15, -0.1) is 12.4 Å². The fraction of sp³-hybridized carbons (Fsp3) is 0.929. The van der Waals surface area contributed by atoms with E-state index in [2.05, 4.69) is 10.2 Å². The van der Waals surface area contributed by atoms with E-state index in [-0.39, 0.29) is 17.9 Å². The maximum Gasteiger partial charge on any atom is 0.224 e. The van der Waals surface area contributed by atoms with Gasteiger partial charge in [-0.3, -0.25) is 4.79 Å². The predicted molar refractivity (Wildman–Crippen MR) is 78.4 cm³/mol. The third-order valence-electron chi connectivity index (χ3n) is 4.74. The largest absolute Gasteiger partial charge is 0.338 e. The Morgan fingerprint density at radius 1 is 1.26 bits per heavy atom. The molecule has 0 radical (unpaired) electrons. The molecular formula is C14H26ClN3O. The molecule has 110 valence electrons. The van der Waals surface area contributed by atoms with Crippen molar-refractivity contribution in [1.29, 1.82) is 0 Å². The zero-order valence-electron chi connectivity index (χ0n) is 11.6. The van der Waals surface area contributed by atoms with Gasteiger partial charge in [-0.25, -0.2) is 0 Å². The van der Waals surface area contributed by atoms with Gasteiger partial charge in [0, 0.05) is 30.6 Å². The summed E-state index contributed by atoms with van der Waals surface area (Å²) in [6, 6.07) is 1.04. The minimum atomic E-state index is -0.173. The van der Waals surface area contributed by atoms with Crippen LogP contribution in [0.2, 0.25) is 0 Å². The fourth-order valence-corrected chi connectivity index (χ4v) is 3.20. The molecule has 1 heterocycles. The van der Waals surface area contributed by atoms with Crippen LogP contribution in [-0.4, -0.2) is 41.5 Å². The number of hydrogen-bond donors (Lipinski definition) is 2. The summed E-state index contributed by atoms with van der Waals surface area (Å²) in [4.78, 5) is 14.6. The lowest BCUT2D eigenvalue weighted by Gasteiger charge is -2.39. The molecule has 3 N–H and O–H groups in total. The molecule has 0 bridgehead atoms. The highest BCUT2D eigenvalue weighted by molar-refractivity contribution is 5.85. The second kappa shape index (κ2) is 5.98. The molecule has 1 aliphatic heterocycles. The van der Waals surface area contributed by atoms with Crippen molar-refractivity contribution in [2.45, 2.75) is 69.0 Å². The molecule has 1 unspecified atom stereocenters. The molecule has 0 spiro atoms. The topological polar surface area (TPSA) is 58.4 Å². The van der Waals surface area contributed by atoms with Crippen LogP contribution >= 0.6 is 12.4 Å². The average molecular weight is 288 g/mol. The molecule has 2 saturated carbocycles. The zero-order valence-corrected chi connectivity index (χ0v) is 12.4. The van der Waals surface area contributed by atoms with Crippen molar-refractivity contribution in [1.82, 2.24) is 10.2 Å². The van der Waals surface area contributed by atoms with Crippen molar-refractivity contribution in [2.75, 3.05) is 13.1 Å². The van der Waals surface area contributed by atoms with Crippen molar-refractivity contribution in [2.24, 2.45) is 5.73 Å². The molecule has 0 aromatic rings. The zero-order chi connectivity index (χ0) is 12.6. The summed E-state index contributed by atoms with van der Waals surface area (Å²) in [7, 11) is 0. The van der Waals surface area contributed by atoms with Crippen molar-refractivity contribution < 1.29 is 4.79 Å². The van der Waals surface area contributed by atoms with E-state index in [9.17, 15) is 4.79 Å². The molecule has 5 heteroatoms. The summed E-state index contributed by atoms with van der Waals surface area (Å²) in [5.41, 5.74) is 6.03. The Balaban J connectivity index is 0.00000133. The second-order valence-corrected chi connectivity index (χ2v) is 6.46. The van der Waals surface area contributed by atoms with Gasteiger partial charge in [-0.05, 0) is 51.5 Å². The first-order valence-electron chi connectivity index (χ1n) is 7.48. The van der Waals surface area contributed by atoms with Crippen LogP contribution in [0.15, 0.2) is 0 Å². The molecule has 3 fully saturated rings. The Bertz CT molecular complexity index is 323. The molecule has 4 nitrogen and oxygen atoms in total. The van der Waals surface area contributed by atoms with E-state index >= 15 is 0 Å². The van der Waals surface area contributed by atoms with E-state index in [1.807, 2.05) is 0 Å². The highest BCUT2D eigenvalue weighted by Gasteiger charge is 2.40. The van der Waals surface area contributed by atoms with Gasteiger partial charge in [0.2, 0.25) is 5.91 Å². The molecule has 0 aromatic carbocycles. The summed E-state index contributed by atoms with van der Waals surface area (Å²) in [5, 5.41) is 3.49. The maximum atomic E-state index is 12.4. The van der Waals surface area contributed by atoms with Crippen molar-refractivity contribution in [3.63, 3.8) is 0 Å². The van der Waals surface area contributed by atoms with Crippen molar-refractivity contribution in [3.05, 3.63) is 0 Å². The number of nitrogens with two attached hydrogens (primary N) is 1. The molecule has 3 rings (SSSR count). The lowest BCUT2D eigenvalue weighted by Crippen LogP contribution is -2.52. The van der Waals surface area contributed by atoms with Gasteiger partial charge < -0.3 is 16.0 Å². The Kier molecular flexibility index (Phi) is 4.75. The highest BCUT2D eigenvalue weighted by atomic mass is 35.5. The van der Waals surface area contributed by atoms with E-state index in [4.69, 9.17) is 5.73 Å². The maximum absolute atomic E-state index is 12.4. The Labute approximate surface area is 121 Å². The van der Waals surface area contributed by atoms with E-state index in [1.165, 1.54) is 32.1 Å². The Morgan fingerprint density at radius 3 is 2.47 bits per heavy atom. The number of hydrogen-bond acceptors (Lipinski definition) is 3. The molecule has 0 aromatic heterocycles. The van der Waals surface area contributed by atoms with Crippen LogP contribution in [0.5, 0.6) is 0 Å². The van der Waals surface area contributed by atoms with Gasteiger partial charge in [0.15, 0.2) is 0 Å². The van der Waals surface area contributed by atoms with Crippen LogP contribution in [-0.2, 0) is 4.79 Å². The third-order valence-corrected chi connectivity index (χ3v) is 4.74. The van der Waals surface area contributed by atoms with E-state index in [0.29, 0.717) is 24.4 Å². The first kappa shape index (κ1) is 15.1. The molecule has 1 amide bonds. The summed E-state index contributed by atoms with van der Waals surface area (Å²) in [6.45, 7) is 2.01. The second-order valence-electron chi connectivity index (χ2n) is 6.46. The number of rotatable bonds is 5. The van der Waals surface area contributed by atoms with Gasteiger partial charge >= 0.3 is 0 Å². The lowest BCUT2D eigenvalue weighted by atomic mass is 9.75. The SMILES string of the molecule is Cl.NC1(CC(=O)N(CC2CCCN2)C2CC2)CCC1. The average Bonchev–Trinajstić information content (AvgIpc) is 3.01. The van der Waals surface area contributed by atoms with Crippen LogP contribution in [0.1, 0.15) is 51.4 Å². The predicted octanol–water partition coefficient (Wildman–Crippen LogP) is 1.42. The number of carbonyl (C=O) groups is 1. The van der Waals surface area contributed by atoms with Gasteiger partial charge in [-0.1, -0.05) is 0 Å². The molecule has 19 heavy (non-hydrogen) atoms. The molecular weight excluding hydrogens is 262 g/mol. The van der Waals surface area contributed by atoms with Crippen LogP contribution in [0.4, 0.5) is 0 Å². The number of nitrogens with one attached hydrogen (secondary N) is 1. The first-order valence-corrected chi connectivity index (χ1v) is 7.48. The summed E-state index contributed by atoms with van der Waals surface area (Å²) in [5.74, 6) is 0.299. The van der Waals surface area contributed by atoms with Gasteiger partial charge in [0.1, 0.15) is 0 Å². The number of nitrogens with zero attached hydrogens (tertiary/aromatic N) is 1. The Morgan fingerprint density at radius 2 is 2.00 bits per heavy atom. The smallest absolute Gasteiger partial charge is 0.224 e. The summed E-state index contributed by atoms with van der Waals surface area (Å²) < 4.78 is 0. The minimum absolute atomic E-state index is 0. The van der Waals surface area contributed by atoms with Crippen LogP contribution in [0.3, 0.4) is 0 Å². The monoisotopic (exact) mass is 287 g/mol. The normalized spacial score (nSPS) is 28.4. The number of halogens is 1. The van der Waals surface area contributed by atoms with Crippen LogP contribution < -0.4 is 11.1 Å². The van der Waals surface area contributed by atoms with Gasteiger partial charge in [-0.2, -0.15) is 0 Å². The summed E-state index contributed by atoms with van der Waals surface area (Å²) >= 11 is 0. The molecule has 1 saturated heterocycles. The summed E-state index contributed by atoms with van der Waals surface area (Å²) in [6.07, 6.45) is 8.65. The Hall–Kier alpha value is -0.320. The first-order chi connectivity index (χ1) is 8.66. The van der Waals surface area contributed by atoms with Gasteiger partial charge in [0.05, 0.1) is 0 Å². The van der Waals surface area contributed by atoms with Crippen molar-refractivity contribution in [3.8, 4) is 0 Å². The standard InChI is InChI=1S/C14H25N3O.ClH/c15-14(6-2-7-14)9-13(18)17(12-4-5-12)10-11-3-1-8-16-11;/h11-12,16H,1-10,15H2;1H.